The summed E-state index contributed by atoms with van der Waals surface area (Å²) in [6, 6.07) is 7.47. The molecule has 0 bridgehead atoms. The van der Waals surface area contributed by atoms with Crippen molar-refractivity contribution in [3.05, 3.63) is 35.5 Å². The van der Waals surface area contributed by atoms with Crippen LogP contribution in [0, 0.1) is 5.92 Å². The van der Waals surface area contributed by atoms with Crippen LogP contribution in [0.3, 0.4) is 0 Å². The molecule has 0 spiro atoms. The third kappa shape index (κ3) is 3.09. The van der Waals surface area contributed by atoms with Gasteiger partial charge < -0.3 is 15.0 Å². The maximum Gasteiger partial charge on any atom is 0.306 e. The van der Waals surface area contributed by atoms with Gasteiger partial charge in [-0.2, -0.15) is 0 Å². The average molecular weight is 321 g/mol. The van der Waals surface area contributed by atoms with E-state index in [2.05, 4.69) is 5.32 Å². The van der Waals surface area contributed by atoms with E-state index in [4.69, 9.17) is 16.7 Å². The molecule has 1 saturated carbocycles. The van der Waals surface area contributed by atoms with Gasteiger partial charge in [0.05, 0.1) is 5.92 Å². The quantitative estimate of drug-likeness (QED) is 0.909. The second-order valence-corrected chi connectivity index (χ2v) is 6.20. The summed E-state index contributed by atoms with van der Waals surface area (Å²) in [4.78, 5) is 23.1. The topological polar surface area (TPSA) is 71.3 Å². The molecule has 0 unspecified atom stereocenters. The third-order valence-corrected chi connectivity index (χ3v) is 4.43. The molecule has 1 aromatic heterocycles. The van der Waals surface area contributed by atoms with Crippen molar-refractivity contribution in [2.24, 2.45) is 5.92 Å². The third-order valence-electron chi connectivity index (χ3n) is 4.20. The number of nitrogens with one attached hydrogen (secondary N) is 1. The van der Waals surface area contributed by atoms with Gasteiger partial charge in [-0.05, 0) is 42.8 Å². The first kappa shape index (κ1) is 14.9. The molecular formula is C16H17ClN2O3. The first-order chi connectivity index (χ1) is 10.5. The lowest BCUT2D eigenvalue weighted by Gasteiger charge is -2.13. The molecule has 3 rings (SSSR count). The van der Waals surface area contributed by atoms with Crippen molar-refractivity contribution in [3.8, 4) is 0 Å². The Kier molecular flexibility index (Phi) is 4.07. The molecule has 0 radical (unpaired) electrons. The standard InChI is InChI=1S/C16H17ClN2O3/c17-12-3-1-10-5-6-19(14(10)8-12)9-15(20)18-13-4-2-11(7-13)16(21)22/h1,3,5-6,8,11,13H,2,4,7,9H2,(H,18,20)(H,21,22)/t11-,13+/m1/s1. The molecule has 1 fully saturated rings. The zero-order valence-corrected chi connectivity index (χ0v) is 12.7. The maximum atomic E-state index is 12.2. The van der Waals surface area contributed by atoms with E-state index in [9.17, 15) is 9.59 Å². The fraction of sp³-hybridized carbons (Fsp3) is 0.375. The summed E-state index contributed by atoms with van der Waals surface area (Å²) in [5, 5.41) is 13.6. The van der Waals surface area contributed by atoms with Crippen LogP contribution < -0.4 is 5.32 Å². The van der Waals surface area contributed by atoms with Crippen molar-refractivity contribution < 1.29 is 14.7 Å². The minimum Gasteiger partial charge on any atom is -0.481 e. The Morgan fingerprint density at radius 1 is 1.32 bits per heavy atom. The molecule has 2 N–H and O–H groups in total. The largest absolute Gasteiger partial charge is 0.481 e. The van der Waals surface area contributed by atoms with Gasteiger partial charge in [-0.1, -0.05) is 17.7 Å². The minimum absolute atomic E-state index is 0.0426. The van der Waals surface area contributed by atoms with Gasteiger partial charge in [-0.25, -0.2) is 0 Å². The number of rotatable bonds is 4. The SMILES string of the molecule is O=C(Cn1ccc2ccc(Cl)cc21)N[C@H]1CC[C@@H](C(=O)O)C1. The Morgan fingerprint density at radius 2 is 2.14 bits per heavy atom. The Bertz CT molecular complexity index is 725. The fourth-order valence-electron chi connectivity index (χ4n) is 3.06. The summed E-state index contributed by atoms with van der Waals surface area (Å²) < 4.78 is 1.85. The Hall–Kier alpha value is -2.01. The van der Waals surface area contributed by atoms with Crippen LogP contribution in [0.5, 0.6) is 0 Å². The molecular weight excluding hydrogens is 304 g/mol. The van der Waals surface area contributed by atoms with Crippen LogP contribution in [-0.2, 0) is 16.1 Å². The molecule has 22 heavy (non-hydrogen) atoms. The van der Waals surface area contributed by atoms with E-state index in [1.807, 2.05) is 35.0 Å². The number of hydrogen-bond donors (Lipinski definition) is 2. The zero-order chi connectivity index (χ0) is 15.7. The molecule has 6 heteroatoms. The van der Waals surface area contributed by atoms with Gasteiger partial charge in [0.2, 0.25) is 5.91 Å². The number of carbonyl (C=O) groups is 2. The van der Waals surface area contributed by atoms with Crippen LogP contribution in [0.2, 0.25) is 5.02 Å². The van der Waals surface area contributed by atoms with E-state index >= 15 is 0 Å². The van der Waals surface area contributed by atoms with E-state index in [0.29, 0.717) is 17.9 Å². The zero-order valence-electron chi connectivity index (χ0n) is 12.0. The highest BCUT2D eigenvalue weighted by molar-refractivity contribution is 6.31. The van der Waals surface area contributed by atoms with Crippen molar-refractivity contribution in [1.29, 1.82) is 0 Å². The fourth-order valence-corrected chi connectivity index (χ4v) is 3.23. The highest BCUT2D eigenvalue weighted by Crippen LogP contribution is 2.26. The smallest absolute Gasteiger partial charge is 0.306 e. The first-order valence-corrected chi connectivity index (χ1v) is 7.67. The number of carboxylic acid groups (broad SMARTS) is 1. The molecule has 1 amide bonds. The second kappa shape index (κ2) is 6.01. The van der Waals surface area contributed by atoms with Crippen LogP contribution in [0.4, 0.5) is 0 Å². The number of carboxylic acids is 1. The maximum absolute atomic E-state index is 12.2. The number of halogens is 1. The summed E-state index contributed by atoms with van der Waals surface area (Å²) in [6.45, 7) is 0.206. The summed E-state index contributed by atoms with van der Waals surface area (Å²) in [5.41, 5.74) is 0.914. The second-order valence-electron chi connectivity index (χ2n) is 5.76. The van der Waals surface area contributed by atoms with E-state index in [-0.39, 0.29) is 24.4 Å². The summed E-state index contributed by atoms with van der Waals surface area (Å²) in [5.74, 6) is -1.21. The van der Waals surface area contributed by atoms with Gasteiger partial charge in [0.15, 0.2) is 0 Å². The number of aromatic nitrogens is 1. The van der Waals surface area contributed by atoms with Crippen LogP contribution >= 0.6 is 11.6 Å². The van der Waals surface area contributed by atoms with Crippen LogP contribution in [0.1, 0.15) is 19.3 Å². The van der Waals surface area contributed by atoms with Gasteiger partial charge in [-0.15, -0.1) is 0 Å². The van der Waals surface area contributed by atoms with Gasteiger partial charge in [0.1, 0.15) is 6.54 Å². The predicted molar refractivity (Wildman–Crippen MR) is 83.9 cm³/mol. The lowest BCUT2D eigenvalue weighted by Crippen LogP contribution is -2.35. The average Bonchev–Trinajstić information content (AvgIpc) is 3.07. The van der Waals surface area contributed by atoms with Crippen molar-refractivity contribution in [1.82, 2.24) is 9.88 Å². The number of benzene rings is 1. The summed E-state index contributed by atoms with van der Waals surface area (Å²) in [6.07, 6.45) is 3.72. The van der Waals surface area contributed by atoms with Gasteiger partial charge in [0, 0.05) is 22.8 Å². The first-order valence-electron chi connectivity index (χ1n) is 7.29. The van der Waals surface area contributed by atoms with E-state index in [1.165, 1.54) is 0 Å². The van der Waals surface area contributed by atoms with E-state index < -0.39 is 5.97 Å². The van der Waals surface area contributed by atoms with Crippen LogP contribution in [0.15, 0.2) is 30.5 Å². The van der Waals surface area contributed by atoms with Crippen LogP contribution in [0.25, 0.3) is 10.9 Å². The van der Waals surface area contributed by atoms with Crippen molar-refractivity contribution >= 4 is 34.4 Å². The normalized spacial score (nSPS) is 21.1. The molecule has 1 heterocycles. The predicted octanol–water partition coefficient (Wildman–Crippen LogP) is 2.66. The van der Waals surface area contributed by atoms with Crippen molar-refractivity contribution in [2.45, 2.75) is 31.8 Å². The number of aliphatic carboxylic acids is 1. The monoisotopic (exact) mass is 320 g/mol. The van der Waals surface area contributed by atoms with Gasteiger partial charge in [0.25, 0.3) is 0 Å². The molecule has 116 valence electrons. The van der Waals surface area contributed by atoms with Gasteiger partial charge in [-0.3, -0.25) is 9.59 Å². The molecule has 1 aliphatic rings. The van der Waals surface area contributed by atoms with Crippen LogP contribution in [-0.4, -0.2) is 27.6 Å². The van der Waals surface area contributed by atoms with Crippen molar-refractivity contribution in [2.75, 3.05) is 0 Å². The summed E-state index contributed by atoms with van der Waals surface area (Å²) >= 11 is 6.00. The Balaban J connectivity index is 1.64. The number of fused-ring (bicyclic) bond motifs is 1. The number of nitrogens with zero attached hydrogens (tertiary/aromatic N) is 1. The van der Waals surface area contributed by atoms with Crippen molar-refractivity contribution in [3.63, 3.8) is 0 Å². The molecule has 2 atom stereocenters. The lowest BCUT2D eigenvalue weighted by atomic mass is 10.1. The number of carbonyl (C=O) groups excluding carboxylic acids is 1. The lowest BCUT2D eigenvalue weighted by molar-refractivity contribution is -0.141. The molecule has 0 saturated heterocycles. The molecule has 1 aliphatic carbocycles. The van der Waals surface area contributed by atoms with E-state index in [0.717, 1.165) is 17.3 Å². The highest BCUT2D eigenvalue weighted by Gasteiger charge is 2.30. The number of amides is 1. The molecule has 0 aliphatic heterocycles. The summed E-state index contributed by atoms with van der Waals surface area (Å²) in [7, 11) is 0. The molecule has 5 nitrogen and oxygen atoms in total. The highest BCUT2D eigenvalue weighted by atomic mass is 35.5. The van der Waals surface area contributed by atoms with E-state index in [1.54, 1.807) is 0 Å². The Labute approximate surface area is 132 Å². The van der Waals surface area contributed by atoms with Gasteiger partial charge >= 0.3 is 5.97 Å². The number of hydrogen-bond acceptors (Lipinski definition) is 2. The minimum atomic E-state index is -0.775. The Morgan fingerprint density at radius 3 is 2.86 bits per heavy atom. The molecule has 2 aromatic rings. The molecule has 1 aromatic carbocycles.